The van der Waals surface area contributed by atoms with Gasteiger partial charge < -0.3 is 14.9 Å². The molecule has 3 aliphatic carbocycles. The number of benzene rings is 2. The molecule has 0 spiro atoms. The maximum atomic E-state index is 14.2. The topological polar surface area (TPSA) is 66.8 Å². The summed E-state index contributed by atoms with van der Waals surface area (Å²) in [5, 5.41) is 20.1. The highest BCUT2D eigenvalue weighted by Gasteiger charge is 2.78. The van der Waals surface area contributed by atoms with E-state index in [1.165, 1.54) is 0 Å². The molecular weight excluding hydrogens is 412 g/mol. The van der Waals surface area contributed by atoms with E-state index in [1.807, 2.05) is 24.3 Å². The predicted molar refractivity (Wildman–Crippen MR) is 129 cm³/mol. The molecule has 3 aliphatic rings. The number of phenols is 1. The maximum absolute atomic E-state index is 14.2. The van der Waals surface area contributed by atoms with Gasteiger partial charge in [-0.3, -0.25) is 4.79 Å². The Balaban J connectivity index is 1.44. The van der Waals surface area contributed by atoms with Crippen molar-refractivity contribution in [2.75, 3.05) is 13.7 Å². The van der Waals surface area contributed by atoms with Crippen molar-refractivity contribution in [2.24, 2.45) is 28.6 Å². The molecule has 0 aliphatic heterocycles. The van der Waals surface area contributed by atoms with Crippen molar-refractivity contribution in [3.8, 4) is 16.9 Å². The van der Waals surface area contributed by atoms with Gasteiger partial charge in [0.25, 0.3) is 0 Å². The van der Waals surface area contributed by atoms with Crippen LogP contribution in [0.15, 0.2) is 60.7 Å². The van der Waals surface area contributed by atoms with Gasteiger partial charge in [-0.05, 0) is 59.9 Å². The van der Waals surface area contributed by atoms with Crippen molar-refractivity contribution in [1.82, 2.24) is 0 Å². The van der Waals surface area contributed by atoms with E-state index in [1.54, 1.807) is 19.2 Å². The van der Waals surface area contributed by atoms with E-state index in [0.717, 1.165) is 41.5 Å². The number of hydrogen-bond acceptors (Lipinski definition) is 4. The molecule has 0 unspecified atom stereocenters. The number of methoxy groups -OCH3 is 1. The average Bonchev–Trinajstić information content (AvgIpc) is 3.23. The summed E-state index contributed by atoms with van der Waals surface area (Å²) in [6.45, 7) is 6.77. The Morgan fingerprint density at radius 1 is 1.18 bits per heavy atom. The van der Waals surface area contributed by atoms with Gasteiger partial charge in [-0.1, -0.05) is 61.9 Å². The molecule has 0 amide bonds. The Bertz CT molecular complexity index is 1090. The summed E-state index contributed by atoms with van der Waals surface area (Å²) < 4.78 is 6.05. The second-order valence-electron chi connectivity index (χ2n) is 10.4. The van der Waals surface area contributed by atoms with E-state index in [-0.39, 0.29) is 47.4 Å². The van der Waals surface area contributed by atoms with Crippen molar-refractivity contribution in [3.63, 3.8) is 0 Å². The zero-order valence-corrected chi connectivity index (χ0v) is 19.6. The smallest absolute Gasteiger partial charge is 0.143 e. The van der Waals surface area contributed by atoms with Crippen molar-refractivity contribution in [1.29, 1.82) is 0 Å². The van der Waals surface area contributed by atoms with E-state index in [0.29, 0.717) is 12.8 Å². The summed E-state index contributed by atoms with van der Waals surface area (Å²) in [6, 6.07) is 15.4. The van der Waals surface area contributed by atoms with E-state index in [9.17, 15) is 15.0 Å². The summed E-state index contributed by atoms with van der Waals surface area (Å²) in [4.78, 5) is 14.2. The quantitative estimate of drug-likeness (QED) is 0.576. The van der Waals surface area contributed by atoms with Crippen LogP contribution < -0.4 is 0 Å². The largest absolute Gasteiger partial charge is 0.508 e. The Hall–Kier alpha value is -2.43. The van der Waals surface area contributed by atoms with Crippen LogP contribution in [-0.2, 0) is 16.0 Å². The zero-order chi connectivity index (χ0) is 23.4. The van der Waals surface area contributed by atoms with Crippen LogP contribution >= 0.6 is 0 Å². The first-order valence-electron chi connectivity index (χ1n) is 12.1. The van der Waals surface area contributed by atoms with Crippen LogP contribution in [-0.4, -0.2) is 35.8 Å². The predicted octanol–water partition coefficient (Wildman–Crippen LogP) is 5.18. The van der Waals surface area contributed by atoms with E-state index >= 15 is 0 Å². The SMILES string of the molecule is C=C1[C@H]2[C@@H](CO)[C@@H]3CCC[C@]1(C)[C@@]3(C(=O)CCc1cccc(-c3cccc(O)c3)c1)[C@@H]2OC. The number of ether oxygens (including phenoxy) is 1. The number of ketones is 1. The van der Waals surface area contributed by atoms with E-state index in [4.69, 9.17) is 4.74 Å². The molecule has 0 heterocycles. The second-order valence-corrected chi connectivity index (χ2v) is 10.4. The van der Waals surface area contributed by atoms with Crippen LogP contribution in [0, 0.1) is 28.6 Å². The van der Waals surface area contributed by atoms with Gasteiger partial charge in [0.1, 0.15) is 11.5 Å². The Morgan fingerprint density at radius 3 is 2.61 bits per heavy atom. The number of hydrogen-bond donors (Lipinski definition) is 2. The van der Waals surface area contributed by atoms with Crippen LogP contribution in [0.5, 0.6) is 5.75 Å². The highest BCUT2D eigenvalue weighted by Crippen LogP contribution is 2.76. The fraction of sp³-hybridized carbons (Fsp3) is 0.483. The van der Waals surface area contributed by atoms with Crippen molar-refractivity contribution in [3.05, 3.63) is 66.2 Å². The lowest BCUT2D eigenvalue weighted by atomic mass is 9.47. The van der Waals surface area contributed by atoms with E-state index < -0.39 is 5.41 Å². The normalized spacial score (nSPS) is 34.6. The highest BCUT2D eigenvalue weighted by atomic mass is 16.5. The van der Waals surface area contributed by atoms with Crippen LogP contribution in [0.2, 0.25) is 0 Å². The molecule has 2 N–H and O–H groups in total. The lowest BCUT2D eigenvalue weighted by molar-refractivity contribution is -0.154. The number of aryl methyl sites for hydroxylation is 1. The molecule has 33 heavy (non-hydrogen) atoms. The molecule has 0 saturated heterocycles. The summed E-state index contributed by atoms with van der Waals surface area (Å²) in [7, 11) is 1.72. The molecule has 3 fully saturated rings. The first-order chi connectivity index (χ1) is 15.9. The van der Waals surface area contributed by atoms with Crippen molar-refractivity contribution < 1.29 is 19.7 Å². The van der Waals surface area contributed by atoms with Gasteiger partial charge in [-0.25, -0.2) is 0 Å². The molecule has 6 atom stereocenters. The fourth-order valence-corrected chi connectivity index (χ4v) is 7.89. The minimum absolute atomic E-state index is 0.0633. The third kappa shape index (κ3) is 3.00. The zero-order valence-electron chi connectivity index (χ0n) is 19.6. The van der Waals surface area contributed by atoms with Gasteiger partial charge >= 0.3 is 0 Å². The highest BCUT2D eigenvalue weighted by molar-refractivity contribution is 5.90. The van der Waals surface area contributed by atoms with Crippen LogP contribution in [0.25, 0.3) is 11.1 Å². The van der Waals surface area contributed by atoms with Gasteiger partial charge in [-0.2, -0.15) is 0 Å². The summed E-state index contributed by atoms with van der Waals surface area (Å²) in [6.07, 6.45) is 3.93. The number of carbonyl (C=O) groups is 1. The molecule has 2 aromatic rings. The van der Waals surface area contributed by atoms with Gasteiger partial charge in [-0.15, -0.1) is 0 Å². The molecule has 5 rings (SSSR count). The molecule has 0 radical (unpaired) electrons. The maximum Gasteiger partial charge on any atom is 0.143 e. The number of aliphatic hydroxyl groups is 1. The van der Waals surface area contributed by atoms with Gasteiger partial charge in [0.15, 0.2) is 0 Å². The Morgan fingerprint density at radius 2 is 1.91 bits per heavy atom. The summed E-state index contributed by atoms with van der Waals surface area (Å²) >= 11 is 0. The molecule has 0 aromatic heterocycles. The van der Waals surface area contributed by atoms with Crippen LogP contribution in [0.1, 0.15) is 38.2 Å². The Labute approximate surface area is 196 Å². The van der Waals surface area contributed by atoms with Crippen molar-refractivity contribution >= 4 is 5.78 Å². The minimum atomic E-state index is -0.585. The lowest BCUT2D eigenvalue weighted by Crippen LogP contribution is -2.56. The number of aliphatic hydroxyl groups excluding tert-OH is 1. The fourth-order valence-electron chi connectivity index (χ4n) is 7.89. The number of phenolic OH excluding ortho intramolecular Hbond substituents is 1. The number of rotatable bonds is 7. The standard InChI is InChI=1S/C29H34O4/c1-18-26-23(17-30)24-11-6-14-28(18,2)29(24,27(26)33-3)25(32)13-12-19-7-4-8-20(15-19)21-9-5-10-22(31)16-21/h4-5,7-10,15-16,23-24,26-27,30-31H,1,6,11-14,17H2,2-3H3/t23-,24-,26-,27+,28-,29-/m0/s1. The molecule has 2 aromatic carbocycles. The lowest BCUT2D eigenvalue weighted by Gasteiger charge is -2.55. The molecule has 3 saturated carbocycles. The molecule has 174 valence electrons. The second kappa shape index (κ2) is 8.11. The van der Waals surface area contributed by atoms with E-state index in [2.05, 4.69) is 25.6 Å². The molecule has 2 bridgehead atoms. The number of Topliss-reactive ketones (excluding diaryl/α,β-unsaturated/α-hetero) is 1. The number of aromatic hydroxyl groups is 1. The third-order valence-corrected chi connectivity index (χ3v) is 9.23. The van der Waals surface area contributed by atoms with Crippen LogP contribution in [0.4, 0.5) is 0 Å². The monoisotopic (exact) mass is 446 g/mol. The van der Waals surface area contributed by atoms with Gasteiger partial charge in [0, 0.05) is 31.5 Å². The third-order valence-electron chi connectivity index (χ3n) is 9.23. The van der Waals surface area contributed by atoms with Crippen molar-refractivity contribution in [2.45, 2.75) is 45.1 Å². The van der Waals surface area contributed by atoms with Gasteiger partial charge in [0.2, 0.25) is 0 Å². The molecule has 4 heteroatoms. The van der Waals surface area contributed by atoms with Gasteiger partial charge in [0.05, 0.1) is 11.5 Å². The first-order valence-corrected chi connectivity index (χ1v) is 12.1. The summed E-state index contributed by atoms with van der Waals surface area (Å²) in [5.41, 5.74) is 3.37. The Kier molecular flexibility index (Phi) is 5.49. The first kappa shape index (κ1) is 22.4. The van der Waals surface area contributed by atoms with Crippen LogP contribution in [0.3, 0.4) is 0 Å². The summed E-state index contributed by atoms with van der Waals surface area (Å²) in [5.74, 6) is 0.798. The number of carbonyl (C=O) groups excluding carboxylic acids is 1. The molecule has 4 nitrogen and oxygen atoms in total. The molecular formula is C29H34O4. The average molecular weight is 447 g/mol. The number of fused-ring (bicyclic) bond motifs is 1. The minimum Gasteiger partial charge on any atom is -0.508 e.